The molecule has 0 unspecified atom stereocenters. The van der Waals surface area contributed by atoms with Crippen molar-refractivity contribution in [2.45, 2.75) is 57.4 Å². The second-order valence-electron chi connectivity index (χ2n) is 9.28. The van der Waals surface area contributed by atoms with Gasteiger partial charge in [0.05, 0.1) is 24.8 Å². The lowest BCUT2D eigenvalue weighted by atomic mass is 10.1. The van der Waals surface area contributed by atoms with E-state index in [4.69, 9.17) is 14.8 Å². The van der Waals surface area contributed by atoms with Gasteiger partial charge in [0.1, 0.15) is 5.82 Å². The normalized spacial score (nSPS) is 15.9. The molecule has 1 atom stereocenters. The summed E-state index contributed by atoms with van der Waals surface area (Å²) in [6, 6.07) is 9.57. The third-order valence-corrected chi connectivity index (χ3v) is 6.48. The summed E-state index contributed by atoms with van der Waals surface area (Å²) in [6.07, 6.45) is 10.8. The molecule has 0 bridgehead atoms. The summed E-state index contributed by atoms with van der Waals surface area (Å²) in [6.45, 7) is 1.69. The van der Waals surface area contributed by atoms with E-state index in [9.17, 15) is 9.90 Å². The molecule has 34 heavy (non-hydrogen) atoms. The van der Waals surface area contributed by atoms with Gasteiger partial charge in [0, 0.05) is 30.7 Å². The second-order valence-corrected chi connectivity index (χ2v) is 9.28. The number of carboxylic acid groups (broad SMARTS) is 1. The quantitative estimate of drug-likeness (QED) is 0.444. The number of hydrogen-bond donors (Lipinski definition) is 2. The molecule has 8 nitrogen and oxygen atoms in total. The first-order valence-corrected chi connectivity index (χ1v) is 12.2. The maximum atomic E-state index is 11.5. The maximum absolute atomic E-state index is 11.5. The van der Waals surface area contributed by atoms with E-state index in [0.29, 0.717) is 18.4 Å². The molecule has 2 N–H and O–H groups in total. The number of ether oxygens (including phenoxy) is 1. The van der Waals surface area contributed by atoms with E-state index >= 15 is 0 Å². The Morgan fingerprint density at radius 1 is 1.18 bits per heavy atom. The molecule has 4 heterocycles. The number of hydrogen-bond acceptors (Lipinski definition) is 6. The zero-order valence-electron chi connectivity index (χ0n) is 19.3. The van der Waals surface area contributed by atoms with Crippen molar-refractivity contribution in [1.82, 2.24) is 19.7 Å². The van der Waals surface area contributed by atoms with Gasteiger partial charge in [0.25, 0.3) is 0 Å². The van der Waals surface area contributed by atoms with Gasteiger partial charge in [-0.1, -0.05) is 6.07 Å². The number of aromatic nitrogens is 4. The molecule has 0 aromatic carbocycles. The fourth-order valence-corrected chi connectivity index (χ4v) is 4.33. The number of aliphatic carboxylic acids is 1. The zero-order valence-corrected chi connectivity index (χ0v) is 19.3. The summed E-state index contributed by atoms with van der Waals surface area (Å²) in [5, 5.41) is 17.6. The Morgan fingerprint density at radius 3 is 2.85 bits per heavy atom. The van der Waals surface area contributed by atoms with Crippen LogP contribution in [-0.4, -0.2) is 44.0 Å². The van der Waals surface area contributed by atoms with Gasteiger partial charge < -0.3 is 15.2 Å². The number of pyridine rings is 2. The van der Waals surface area contributed by atoms with Crippen LogP contribution in [-0.2, 0) is 24.1 Å². The van der Waals surface area contributed by atoms with Crippen LogP contribution in [0.5, 0.6) is 5.88 Å². The first-order valence-electron chi connectivity index (χ1n) is 12.2. The summed E-state index contributed by atoms with van der Waals surface area (Å²) < 4.78 is 7.45. The van der Waals surface area contributed by atoms with Crippen LogP contribution in [0.4, 0.5) is 5.82 Å². The van der Waals surface area contributed by atoms with Gasteiger partial charge in [-0.3, -0.25) is 9.48 Å². The minimum absolute atomic E-state index is 0.0584. The van der Waals surface area contributed by atoms with E-state index in [-0.39, 0.29) is 6.42 Å². The van der Waals surface area contributed by atoms with Crippen molar-refractivity contribution in [3.05, 3.63) is 65.2 Å². The van der Waals surface area contributed by atoms with E-state index in [0.717, 1.165) is 61.4 Å². The molecule has 0 amide bonds. The van der Waals surface area contributed by atoms with Crippen LogP contribution in [0.2, 0.25) is 0 Å². The summed E-state index contributed by atoms with van der Waals surface area (Å²) in [4.78, 5) is 20.7. The molecule has 5 rings (SSSR count). The molecule has 1 saturated carbocycles. The van der Waals surface area contributed by atoms with Gasteiger partial charge in [0.15, 0.2) is 0 Å². The third kappa shape index (κ3) is 5.73. The highest BCUT2D eigenvalue weighted by Gasteiger charge is 2.23. The SMILES string of the molecule is O=C(O)C[C@@H](c1ccc(OCC2CC2)nc1)n1ccc(CCCc2ccc3c(n2)NCCC3)n1. The standard InChI is InChI=1S/C26H31N5O3/c32-25(33)15-23(20-9-11-24(28-16-20)34-17-18-6-7-18)31-14-12-22(30-31)5-1-4-21-10-8-19-3-2-13-27-26(19)29-21/h8-12,14,16,18,23H,1-7,13,15,17H2,(H,27,29)(H,32,33)/t23-/m0/s1. The molecule has 1 aliphatic carbocycles. The van der Waals surface area contributed by atoms with Crippen molar-refractivity contribution in [1.29, 1.82) is 0 Å². The van der Waals surface area contributed by atoms with E-state index in [2.05, 4.69) is 22.4 Å². The van der Waals surface area contributed by atoms with Gasteiger partial charge >= 0.3 is 5.97 Å². The third-order valence-electron chi connectivity index (χ3n) is 6.48. The fourth-order valence-electron chi connectivity index (χ4n) is 4.33. The van der Waals surface area contributed by atoms with E-state index in [1.54, 1.807) is 10.9 Å². The number of anilines is 1. The Labute approximate surface area is 199 Å². The van der Waals surface area contributed by atoms with Crippen molar-refractivity contribution in [2.75, 3.05) is 18.5 Å². The smallest absolute Gasteiger partial charge is 0.305 e. The summed E-state index contributed by atoms with van der Waals surface area (Å²) >= 11 is 0. The number of fused-ring (bicyclic) bond motifs is 1. The lowest BCUT2D eigenvalue weighted by Gasteiger charge is -2.17. The van der Waals surface area contributed by atoms with Crippen molar-refractivity contribution in [3.63, 3.8) is 0 Å². The number of carboxylic acids is 1. The van der Waals surface area contributed by atoms with Gasteiger partial charge in [-0.15, -0.1) is 0 Å². The Bertz CT molecular complexity index is 1120. The molecule has 3 aromatic heterocycles. The first kappa shape index (κ1) is 22.4. The Hall–Kier alpha value is -3.42. The van der Waals surface area contributed by atoms with E-state index in [1.807, 2.05) is 24.4 Å². The first-order chi connectivity index (χ1) is 16.6. The fraction of sp³-hybridized carbons (Fsp3) is 0.462. The van der Waals surface area contributed by atoms with Gasteiger partial charge in [-0.05, 0) is 80.2 Å². The van der Waals surface area contributed by atoms with Crippen molar-refractivity contribution in [2.24, 2.45) is 5.92 Å². The molecule has 1 fully saturated rings. The van der Waals surface area contributed by atoms with Gasteiger partial charge in [-0.2, -0.15) is 5.10 Å². The molecule has 8 heteroatoms. The van der Waals surface area contributed by atoms with Gasteiger partial charge in [-0.25, -0.2) is 9.97 Å². The molecule has 178 valence electrons. The monoisotopic (exact) mass is 461 g/mol. The molecular formula is C26H31N5O3. The maximum Gasteiger partial charge on any atom is 0.305 e. The van der Waals surface area contributed by atoms with Crippen LogP contribution in [0.1, 0.15) is 60.7 Å². The second kappa shape index (κ2) is 10.2. The lowest BCUT2D eigenvalue weighted by molar-refractivity contribution is -0.137. The Kier molecular flexibility index (Phi) is 6.74. The number of nitrogens with one attached hydrogen (secondary N) is 1. The highest BCUT2D eigenvalue weighted by atomic mass is 16.5. The van der Waals surface area contributed by atoms with E-state index in [1.165, 1.54) is 18.4 Å². The molecule has 0 spiro atoms. The summed E-state index contributed by atoms with van der Waals surface area (Å²) in [7, 11) is 0. The largest absolute Gasteiger partial charge is 0.481 e. The molecular weight excluding hydrogens is 430 g/mol. The topological polar surface area (TPSA) is 102 Å². The molecule has 0 radical (unpaired) electrons. The van der Waals surface area contributed by atoms with Crippen molar-refractivity contribution >= 4 is 11.8 Å². The van der Waals surface area contributed by atoms with Crippen LogP contribution in [0.15, 0.2) is 42.7 Å². The van der Waals surface area contributed by atoms with Crippen LogP contribution in [0, 0.1) is 5.92 Å². The average molecular weight is 462 g/mol. The molecule has 0 saturated heterocycles. The number of rotatable bonds is 11. The summed E-state index contributed by atoms with van der Waals surface area (Å²) in [5.74, 6) is 1.39. The highest BCUT2D eigenvalue weighted by Crippen LogP contribution is 2.29. The van der Waals surface area contributed by atoms with Crippen LogP contribution < -0.4 is 10.1 Å². The Balaban J connectivity index is 1.20. The lowest BCUT2D eigenvalue weighted by Crippen LogP contribution is -2.16. The average Bonchev–Trinajstić information content (AvgIpc) is 3.57. The minimum Gasteiger partial charge on any atom is -0.481 e. The number of nitrogens with zero attached hydrogens (tertiary/aromatic N) is 4. The molecule has 2 aliphatic rings. The molecule has 1 aliphatic heterocycles. The highest BCUT2D eigenvalue weighted by molar-refractivity contribution is 5.68. The van der Waals surface area contributed by atoms with Crippen LogP contribution in [0.3, 0.4) is 0 Å². The molecule has 3 aromatic rings. The predicted molar refractivity (Wildman–Crippen MR) is 128 cm³/mol. The minimum atomic E-state index is -0.872. The Morgan fingerprint density at radius 2 is 2.06 bits per heavy atom. The summed E-state index contributed by atoms with van der Waals surface area (Å²) in [5.41, 5.74) is 4.15. The number of aryl methyl sites for hydroxylation is 3. The van der Waals surface area contributed by atoms with Crippen LogP contribution >= 0.6 is 0 Å². The van der Waals surface area contributed by atoms with Crippen LogP contribution in [0.25, 0.3) is 0 Å². The van der Waals surface area contributed by atoms with Crippen molar-refractivity contribution < 1.29 is 14.6 Å². The zero-order chi connectivity index (χ0) is 23.3. The van der Waals surface area contributed by atoms with E-state index < -0.39 is 12.0 Å². The predicted octanol–water partition coefficient (Wildman–Crippen LogP) is 4.06. The number of carbonyl (C=O) groups is 1. The van der Waals surface area contributed by atoms with Gasteiger partial charge in [0.2, 0.25) is 5.88 Å². The van der Waals surface area contributed by atoms with Crippen molar-refractivity contribution in [3.8, 4) is 5.88 Å².